The third-order valence-electron chi connectivity index (χ3n) is 2.87. The summed E-state index contributed by atoms with van der Waals surface area (Å²) in [7, 11) is 0. The Morgan fingerprint density at radius 2 is 2.09 bits per heavy atom. The van der Waals surface area contributed by atoms with Gasteiger partial charge in [-0.2, -0.15) is 12.6 Å². The van der Waals surface area contributed by atoms with Crippen molar-refractivity contribution in [1.29, 1.82) is 0 Å². The molecule has 0 saturated carbocycles. The summed E-state index contributed by atoms with van der Waals surface area (Å²) in [6.07, 6.45) is 3.07. The monoisotopic (exact) mass is 329 g/mol. The van der Waals surface area contributed by atoms with Gasteiger partial charge in [-0.15, -0.1) is 0 Å². The lowest BCUT2D eigenvalue weighted by molar-refractivity contribution is -0.141. The lowest BCUT2D eigenvalue weighted by atomic mass is 10.1. The highest BCUT2D eigenvalue weighted by Crippen LogP contribution is 2.01. The SMILES string of the molecule is CC(NC(=O)C(Cc1cnc[nH]1)NC(=O)C(N)CS)C(=O)O. The number of rotatable bonds is 8. The molecule has 9 nitrogen and oxygen atoms in total. The summed E-state index contributed by atoms with van der Waals surface area (Å²) in [5, 5.41) is 13.6. The molecule has 122 valence electrons. The number of thiol groups is 1. The molecule has 1 aromatic rings. The predicted molar refractivity (Wildman–Crippen MR) is 81.3 cm³/mol. The maximum Gasteiger partial charge on any atom is 0.325 e. The summed E-state index contributed by atoms with van der Waals surface area (Å²) in [5.74, 6) is -2.22. The first-order valence-corrected chi connectivity index (χ1v) is 7.15. The summed E-state index contributed by atoms with van der Waals surface area (Å²) in [5.41, 5.74) is 6.17. The Balaban J connectivity index is 2.78. The Bertz CT molecular complexity index is 522. The van der Waals surface area contributed by atoms with Crippen molar-refractivity contribution in [2.45, 2.75) is 31.5 Å². The molecule has 0 radical (unpaired) electrons. The molecule has 6 N–H and O–H groups in total. The summed E-state index contributed by atoms with van der Waals surface area (Å²) in [4.78, 5) is 41.4. The van der Waals surface area contributed by atoms with Crippen LogP contribution in [-0.4, -0.2) is 56.7 Å². The number of carboxylic acids is 1. The number of H-pyrrole nitrogens is 1. The lowest BCUT2D eigenvalue weighted by Crippen LogP contribution is -2.55. The van der Waals surface area contributed by atoms with E-state index in [0.29, 0.717) is 5.69 Å². The number of nitrogens with zero attached hydrogens (tertiary/aromatic N) is 1. The van der Waals surface area contributed by atoms with Crippen LogP contribution in [0, 0.1) is 0 Å². The van der Waals surface area contributed by atoms with Gasteiger partial charge in [0, 0.05) is 24.1 Å². The van der Waals surface area contributed by atoms with Gasteiger partial charge in [0.1, 0.15) is 12.1 Å². The zero-order valence-electron chi connectivity index (χ0n) is 11.9. The van der Waals surface area contributed by atoms with Crippen LogP contribution in [0.4, 0.5) is 0 Å². The molecule has 0 bridgehead atoms. The third-order valence-corrected chi connectivity index (χ3v) is 3.27. The van der Waals surface area contributed by atoms with E-state index in [9.17, 15) is 14.4 Å². The molecule has 0 spiro atoms. The van der Waals surface area contributed by atoms with Crippen LogP contribution in [0.2, 0.25) is 0 Å². The number of nitrogens with one attached hydrogen (secondary N) is 3. The fourth-order valence-corrected chi connectivity index (χ4v) is 1.73. The fraction of sp³-hybridized carbons (Fsp3) is 0.500. The van der Waals surface area contributed by atoms with E-state index in [1.54, 1.807) is 0 Å². The van der Waals surface area contributed by atoms with E-state index < -0.39 is 35.9 Å². The van der Waals surface area contributed by atoms with E-state index in [1.165, 1.54) is 19.4 Å². The Hall–Kier alpha value is -2.07. The van der Waals surface area contributed by atoms with Gasteiger partial charge in [0.05, 0.1) is 12.4 Å². The van der Waals surface area contributed by atoms with E-state index in [4.69, 9.17) is 10.8 Å². The minimum atomic E-state index is -1.17. The molecule has 0 aliphatic carbocycles. The average molecular weight is 329 g/mol. The van der Waals surface area contributed by atoms with Gasteiger partial charge in [-0.1, -0.05) is 0 Å². The van der Waals surface area contributed by atoms with E-state index in [1.807, 2.05) is 0 Å². The van der Waals surface area contributed by atoms with Gasteiger partial charge in [0.25, 0.3) is 0 Å². The number of aromatic nitrogens is 2. The number of aromatic amines is 1. The molecule has 0 aliphatic heterocycles. The van der Waals surface area contributed by atoms with Crippen LogP contribution in [0.5, 0.6) is 0 Å². The second kappa shape index (κ2) is 8.39. The normalized spacial score (nSPS) is 14.7. The van der Waals surface area contributed by atoms with Crippen molar-refractivity contribution in [3.05, 3.63) is 18.2 Å². The molecule has 2 amide bonds. The quantitative estimate of drug-likeness (QED) is 0.312. The van der Waals surface area contributed by atoms with Crippen molar-refractivity contribution in [3.63, 3.8) is 0 Å². The third kappa shape index (κ3) is 5.37. The van der Waals surface area contributed by atoms with Crippen LogP contribution in [0.3, 0.4) is 0 Å². The van der Waals surface area contributed by atoms with Crippen LogP contribution in [-0.2, 0) is 20.8 Å². The van der Waals surface area contributed by atoms with Crippen molar-refractivity contribution in [1.82, 2.24) is 20.6 Å². The molecule has 22 heavy (non-hydrogen) atoms. The highest BCUT2D eigenvalue weighted by molar-refractivity contribution is 7.80. The molecule has 0 aromatic carbocycles. The smallest absolute Gasteiger partial charge is 0.325 e. The molecule has 10 heteroatoms. The number of hydrogen-bond donors (Lipinski definition) is 6. The molecule has 3 unspecified atom stereocenters. The number of carbonyl (C=O) groups is 3. The van der Waals surface area contributed by atoms with Gasteiger partial charge in [-0.25, -0.2) is 4.98 Å². The van der Waals surface area contributed by atoms with Gasteiger partial charge in [-0.05, 0) is 6.92 Å². The molecule has 1 heterocycles. The zero-order chi connectivity index (χ0) is 16.7. The Morgan fingerprint density at radius 1 is 1.41 bits per heavy atom. The standard InChI is InChI=1S/C12H19N5O4S/c1-6(12(20)21)16-11(19)9(2-7-3-14-5-15-7)17-10(18)8(13)4-22/h3,5-6,8-9,22H,2,4,13H2,1H3,(H,14,15)(H,16,19)(H,17,18)(H,20,21). The number of hydrogen-bond acceptors (Lipinski definition) is 6. The van der Waals surface area contributed by atoms with E-state index in [2.05, 4.69) is 33.2 Å². The summed E-state index contributed by atoms with van der Waals surface area (Å²) < 4.78 is 0. The van der Waals surface area contributed by atoms with Crippen LogP contribution < -0.4 is 16.4 Å². The van der Waals surface area contributed by atoms with Crippen LogP contribution in [0.25, 0.3) is 0 Å². The largest absolute Gasteiger partial charge is 0.480 e. The van der Waals surface area contributed by atoms with Gasteiger partial charge in [0.15, 0.2) is 0 Å². The minimum absolute atomic E-state index is 0.121. The minimum Gasteiger partial charge on any atom is -0.480 e. The summed E-state index contributed by atoms with van der Waals surface area (Å²) in [6, 6.07) is -2.91. The first-order chi connectivity index (χ1) is 10.3. The number of carboxylic acid groups (broad SMARTS) is 1. The Morgan fingerprint density at radius 3 is 2.59 bits per heavy atom. The van der Waals surface area contributed by atoms with Crippen molar-refractivity contribution in [2.24, 2.45) is 5.73 Å². The average Bonchev–Trinajstić information content (AvgIpc) is 2.98. The topological polar surface area (TPSA) is 150 Å². The van der Waals surface area contributed by atoms with Crippen LogP contribution >= 0.6 is 12.6 Å². The lowest BCUT2D eigenvalue weighted by Gasteiger charge is -2.21. The molecule has 3 atom stereocenters. The predicted octanol–water partition coefficient (Wildman–Crippen LogP) is -1.72. The molecular formula is C12H19N5O4S. The van der Waals surface area contributed by atoms with Crippen molar-refractivity contribution >= 4 is 30.4 Å². The number of aliphatic carboxylic acids is 1. The fourth-order valence-electron chi connectivity index (χ4n) is 1.56. The summed E-state index contributed by atoms with van der Waals surface area (Å²) in [6.45, 7) is 1.33. The number of amides is 2. The van der Waals surface area contributed by atoms with Crippen molar-refractivity contribution < 1.29 is 19.5 Å². The van der Waals surface area contributed by atoms with Crippen molar-refractivity contribution in [3.8, 4) is 0 Å². The molecule has 0 aliphatic rings. The number of imidazole rings is 1. The molecular weight excluding hydrogens is 310 g/mol. The van der Waals surface area contributed by atoms with Crippen molar-refractivity contribution in [2.75, 3.05) is 5.75 Å². The first-order valence-electron chi connectivity index (χ1n) is 6.52. The molecule has 0 fully saturated rings. The maximum atomic E-state index is 12.1. The van der Waals surface area contributed by atoms with E-state index >= 15 is 0 Å². The van der Waals surface area contributed by atoms with Gasteiger partial charge < -0.3 is 26.5 Å². The zero-order valence-corrected chi connectivity index (χ0v) is 12.8. The number of carbonyl (C=O) groups excluding carboxylic acids is 2. The molecule has 1 rings (SSSR count). The number of nitrogens with two attached hydrogens (primary N) is 1. The van der Waals surface area contributed by atoms with Gasteiger partial charge >= 0.3 is 5.97 Å². The highest BCUT2D eigenvalue weighted by Gasteiger charge is 2.26. The second-order valence-electron chi connectivity index (χ2n) is 4.70. The second-order valence-corrected chi connectivity index (χ2v) is 5.06. The maximum absolute atomic E-state index is 12.1. The van der Waals surface area contributed by atoms with Gasteiger partial charge in [0.2, 0.25) is 11.8 Å². The van der Waals surface area contributed by atoms with E-state index in [0.717, 1.165) is 0 Å². The summed E-state index contributed by atoms with van der Waals surface area (Å²) >= 11 is 3.92. The van der Waals surface area contributed by atoms with Crippen LogP contribution in [0.1, 0.15) is 12.6 Å². The highest BCUT2D eigenvalue weighted by atomic mass is 32.1. The first kappa shape index (κ1) is 18.0. The molecule has 0 saturated heterocycles. The van der Waals surface area contributed by atoms with E-state index in [-0.39, 0.29) is 12.2 Å². The van der Waals surface area contributed by atoms with Gasteiger partial charge in [-0.3, -0.25) is 14.4 Å². The Labute approximate surface area is 132 Å². The molecule has 1 aromatic heterocycles. The Kier molecular flexibility index (Phi) is 6.86. The van der Waals surface area contributed by atoms with Crippen LogP contribution in [0.15, 0.2) is 12.5 Å².